The zero-order valence-corrected chi connectivity index (χ0v) is 11.9. The van der Waals surface area contributed by atoms with Crippen molar-refractivity contribution in [2.45, 2.75) is 13.8 Å². The molecule has 0 aromatic heterocycles. The lowest BCUT2D eigenvalue weighted by Crippen LogP contribution is -2.26. The molecule has 0 aliphatic carbocycles. The van der Waals surface area contributed by atoms with Crippen LogP contribution in [0.5, 0.6) is 11.5 Å². The second-order valence-electron chi connectivity index (χ2n) is 3.93. The highest BCUT2D eigenvalue weighted by atomic mass is 35.5. The van der Waals surface area contributed by atoms with Gasteiger partial charge in [-0.15, -0.1) is 0 Å². The van der Waals surface area contributed by atoms with Gasteiger partial charge in [0, 0.05) is 18.7 Å². The van der Waals surface area contributed by atoms with Crippen LogP contribution in [-0.4, -0.2) is 32.3 Å². The van der Waals surface area contributed by atoms with Crippen molar-refractivity contribution < 1.29 is 9.47 Å². The van der Waals surface area contributed by atoms with Crippen LogP contribution in [0.25, 0.3) is 0 Å². The number of nitrogens with one attached hydrogen (secondary N) is 2. The van der Waals surface area contributed by atoms with Crippen molar-refractivity contribution >= 4 is 23.2 Å². The van der Waals surface area contributed by atoms with Crippen molar-refractivity contribution in [3.8, 4) is 11.5 Å². The third kappa shape index (κ3) is 3.44. The number of hydrogen-bond acceptors (Lipinski definition) is 5. The normalized spacial score (nSPS) is 13.7. The van der Waals surface area contributed by atoms with Crippen molar-refractivity contribution in [2.24, 2.45) is 4.99 Å². The molecule has 0 spiro atoms. The Bertz CT molecular complexity index is 477. The summed E-state index contributed by atoms with van der Waals surface area (Å²) in [6, 6.07) is 3.64. The Morgan fingerprint density at radius 1 is 1.32 bits per heavy atom. The summed E-state index contributed by atoms with van der Waals surface area (Å²) >= 11 is 6.31. The van der Waals surface area contributed by atoms with E-state index in [0.29, 0.717) is 24.0 Å². The molecule has 0 saturated heterocycles. The largest absolute Gasteiger partial charge is 0.494 e. The summed E-state index contributed by atoms with van der Waals surface area (Å²) in [7, 11) is 0. The van der Waals surface area contributed by atoms with E-state index in [9.17, 15) is 0 Å². The molecular formula is C13H18ClN3O2. The topological polar surface area (TPSA) is 54.9 Å². The number of anilines is 1. The number of ether oxygens (including phenoxy) is 2. The van der Waals surface area contributed by atoms with E-state index in [2.05, 4.69) is 15.6 Å². The first kappa shape index (κ1) is 13.8. The fourth-order valence-electron chi connectivity index (χ4n) is 1.78. The predicted molar refractivity (Wildman–Crippen MR) is 77.7 cm³/mol. The summed E-state index contributed by atoms with van der Waals surface area (Å²) < 4.78 is 11.0. The van der Waals surface area contributed by atoms with Gasteiger partial charge in [-0.25, -0.2) is 0 Å². The first-order chi connectivity index (χ1) is 9.24. The molecule has 0 radical (unpaired) electrons. The van der Waals surface area contributed by atoms with Gasteiger partial charge in [-0.2, -0.15) is 0 Å². The van der Waals surface area contributed by atoms with Crippen LogP contribution in [-0.2, 0) is 0 Å². The van der Waals surface area contributed by atoms with E-state index in [0.717, 1.165) is 30.5 Å². The molecule has 2 rings (SSSR count). The summed E-state index contributed by atoms with van der Waals surface area (Å²) in [6.07, 6.45) is 0. The van der Waals surface area contributed by atoms with E-state index in [1.165, 1.54) is 0 Å². The van der Waals surface area contributed by atoms with Crippen molar-refractivity contribution in [1.82, 2.24) is 5.32 Å². The van der Waals surface area contributed by atoms with Gasteiger partial charge in [0.15, 0.2) is 5.96 Å². The Labute approximate surface area is 118 Å². The number of aliphatic imine (C=N–C) groups is 1. The number of hydrogen-bond donors (Lipinski definition) is 2. The van der Waals surface area contributed by atoms with E-state index in [1.54, 1.807) is 6.07 Å². The van der Waals surface area contributed by atoms with Gasteiger partial charge >= 0.3 is 0 Å². The van der Waals surface area contributed by atoms with Crippen molar-refractivity contribution in [2.75, 3.05) is 31.6 Å². The molecule has 6 heteroatoms. The molecule has 0 bridgehead atoms. The van der Waals surface area contributed by atoms with Crippen LogP contribution >= 0.6 is 11.6 Å². The third-order valence-corrected chi connectivity index (χ3v) is 2.94. The number of rotatable bonds is 5. The third-order valence-electron chi connectivity index (χ3n) is 2.55. The molecule has 0 unspecified atom stereocenters. The molecule has 1 aliphatic rings. The van der Waals surface area contributed by atoms with Crippen LogP contribution in [0.3, 0.4) is 0 Å². The van der Waals surface area contributed by atoms with Crippen LogP contribution in [0.1, 0.15) is 13.8 Å². The molecule has 2 N–H and O–H groups in total. The van der Waals surface area contributed by atoms with Crippen molar-refractivity contribution in [3.05, 3.63) is 17.2 Å². The Balaban J connectivity index is 2.27. The molecule has 104 valence electrons. The average molecular weight is 284 g/mol. The fraction of sp³-hybridized carbons (Fsp3) is 0.462. The highest BCUT2D eigenvalue weighted by molar-refractivity contribution is 6.35. The van der Waals surface area contributed by atoms with Gasteiger partial charge in [-0.05, 0) is 13.8 Å². The monoisotopic (exact) mass is 283 g/mol. The van der Waals surface area contributed by atoms with Crippen LogP contribution in [0.15, 0.2) is 17.1 Å². The highest BCUT2D eigenvalue weighted by Crippen LogP contribution is 2.37. The molecular weight excluding hydrogens is 266 g/mol. The summed E-state index contributed by atoms with van der Waals surface area (Å²) in [6.45, 7) is 6.59. The lowest BCUT2D eigenvalue weighted by molar-refractivity contribution is 0.323. The standard InChI is InChI=1S/C13H18ClN3O2/c1-3-18-9-7-10(17-13-15-5-6-16-13)12(14)11(8-9)19-4-2/h7-8H,3-6H2,1-2H3,(H2,15,16,17). The van der Waals surface area contributed by atoms with Gasteiger partial charge in [0.1, 0.15) is 16.5 Å². The van der Waals surface area contributed by atoms with Crippen LogP contribution < -0.4 is 20.1 Å². The highest BCUT2D eigenvalue weighted by Gasteiger charge is 2.14. The minimum absolute atomic E-state index is 0.529. The minimum Gasteiger partial charge on any atom is -0.494 e. The Kier molecular flexibility index (Phi) is 4.74. The van der Waals surface area contributed by atoms with Gasteiger partial charge in [0.05, 0.1) is 25.4 Å². The van der Waals surface area contributed by atoms with Gasteiger partial charge in [-0.3, -0.25) is 4.99 Å². The quantitative estimate of drug-likeness (QED) is 0.872. The second-order valence-corrected chi connectivity index (χ2v) is 4.31. The average Bonchev–Trinajstić information content (AvgIpc) is 2.88. The molecule has 19 heavy (non-hydrogen) atoms. The van der Waals surface area contributed by atoms with Gasteiger partial charge in [0.2, 0.25) is 0 Å². The minimum atomic E-state index is 0.529. The van der Waals surface area contributed by atoms with Crippen LogP contribution in [0, 0.1) is 0 Å². The van der Waals surface area contributed by atoms with Gasteiger partial charge in [0.25, 0.3) is 0 Å². The van der Waals surface area contributed by atoms with E-state index in [4.69, 9.17) is 21.1 Å². The van der Waals surface area contributed by atoms with E-state index in [-0.39, 0.29) is 0 Å². The SMILES string of the molecule is CCOc1cc(NC2=NCCN2)c(Cl)c(OCC)c1. The van der Waals surface area contributed by atoms with E-state index >= 15 is 0 Å². The Hall–Kier alpha value is -1.62. The zero-order chi connectivity index (χ0) is 13.7. The van der Waals surface area contributed by atoms with Crippen LogP contribution in [0.4, 0.5) is 5.69 Å². The number of guanidine groups is 1. The maximum absolute atomic E-state index is 6.31. The lowest BCUT2D eigenvalue weighted by Gasteiger charge is -2.15. The zero-order valence-electron chi connectivity index (χ0n) is 11.1. The predicted octanol–water partition coefficient (Wildman–Crippen LogP) is 2.51. The lowest BCUT2D eigenvalue weighted by atomic mass is 10.2. The maximum Gasteiger partial charge on any atom is 0.195 e. The van der Waals surface area contributed by atoms with Crippen molar-refractivity contribution in [1.29, 1.82) is 0 Å². The smallest absolute Gasteiger partial charge is 0.195 e. The fourth-order valence-corrected chi connectivity index (χ4v) is 1.99. The summed E-state index contributed by atoms with van der Waals surface area (Å²) in [5.41, 5.74) is 0.726. The molecule has 1 heterocycles. The molecule has 5 nitrogen and oxygen atoms in total. The molecule has 1 aromatic rings. The van der Waals surface area contributed by atoms with Gasteiger partial charge in [-0.1, -0.05) is 11.6 Å². The summed E-state index contributed by atoms with van der Waals surface area (Å²) in [4.78, 5) is 4.28. The number of nitrogens with zero attached hydrogens (tertiary/aromatic N) is 1. The second kappa shape index (κ2) is 6.52. The molecule has 1 aromatic carbocycles. The Morgan fingerprint density at radius 3 is 2.74 bits per heavy atom. The van der Waals surface area contributed by atoms with E-state index in [1.807, 2.05) is 19.9 Å². The first-order valence-electron chi connectivity index (χ1n) is 6.39. The van der Waals surface area contributed by atoms with E-state index < -0.39 is 0 Å². The molecule has 0 atom stereocenters. The van der Waals surface area contributed by atoms with Gasteiger partial charge < -0.3 is 20.1 Å². The summed E-state index contributed by atoms with van der Waals surface area (Å²) in [5.74, 6) is 2.05. The van der Waals surface area contributed by atoms with Crippen molar-refractivity contribution in [3.63, 3.8) is 0 Å². The molecule has 0 saturated carbocycles. The number of halogens is 1. The first-order valence-corrected chi connectivity index (χ1v) is 6.76. The molecule has 1 aliphatic heterocycles. The molecule has 0 amide bonds. The number of benzene rings is 1. The summed E-state index contributed by atoms with van der Waals surface area (Å²) in [5, 5.41) is 6.82. The molecule has 0 fully saturated rings. The maximum atomic E-state index is 6.31. The van der Waals surface area contributed by atoms with Crippen LogP contribution in [0.2, 0.25) is 5.02 Å². The Morgan fingerprint density at radius 2 is 2.11 bits per heavy atom.